The highest BCUT2D eigenvalue weighted by Crippen LogP contribution is 2.39. The van der Waals surface area contributed by atoms with Gasteiger partial charge in [0.15, 0.2) is 11.5 Å². The van der Waals surface area contributed by atoms with Crippen LogP contribution in [0.4, 0.5) is 11.5 Å². The molecule has 1 fully saturated rings. The van der Waals surface area contributed by atoms with Crippen LogP contribution in [0.1, 0.15) is 6.92 Å². The van der Waals surface area contributed by atoms with Crippen molar-refractivity contribution in [3.05, 3.63) is 42.6 Å². The number of rotatable bonds is 5. The molecule has 6 heteroatoms. The Morgan fingerprint density at radius 3 is 2.69 bits per heavy atom. The summed E-state index contributed by atoms with van der Waals surface area (Å²) in [6, 6.07) is 12.6. The molecule has 26 heavy (non-hydrogen) atoms. The van der Waals surface area contributed by atoms with E-state index in [1.54, 1.807) is 0 Å². The number of piperazine rings is 1. The molecule has 0 radical (unpaired) electrons. The minimum Gasteiger partial charge on any atom is -0.486 e. The summed E-state index contributed by atoms with van der Waals surface area (Å²) in [5.74, 6) is 2.70. The van der Waals surface area contributed by atoms with Crippen LogP contribution < -0.4 is 19.7 Å². The lowest BCUT2D eigenvalue weighted by molar-refractivity contribution is 0.170. The van der Waals surface area contributed by atoms with Gasteiger partial charge in [-0.15, -0.1) is 0 Å². The fourth-order valence-electron chi connectivity index (χ4n) is 3.56. The third-order valence-corrected chi connectivity index (χ3v) is 5.07. The molecule has 1 atom stereocenters. The number of hydrogen-bond donors (Lipinski definition) is 1. The molecule has 0 unspecified atom stereocenters. The third-order valence-electron chi connectivity index (χ3n) is 5.07. The SMILES string of the molecule is C[C@H](CNc1ccccn1)N1CCN(c2cccc3c2OCCO3)CC1. The number of ether oxygens (including phenoxy) is 2. The van der Waals surface area contributed by atoms with Crippen LogP contribution in [0.5, 0.6) is 11.5 Å². The van der Waals surface area contributed by atoms with Crippen molar-refractivity contribution >= 4 is 11.5 Å². The molecule has 138 valence electrons. The molecule has 2 aliphatic heterocycles. The van der Waals surface area contributed by atoms with E-state index in [4.69, 9.17) is 9.47 Å². The first kappa shape index (κ1) is 17.0. The van der Waals surface area contributed by atoms with Crippen molar-refractivity contribution in [1.82, 2.24) is 9.88 Å². The minimum absolute atomic E-state index is 0.462. The van der Waals surface area contributed by atoms with Crippen LogP contribution in [0.3, 0.4) is 0 Å². The second-order valence-electron chi connectivity index (χ2n) is 6.77. The lowest BCUT2D eigenvalue weighted by atomic mass is 10.2. The van der Waals surface area contributed by atoms with Crippen LogP contribution in [0.25, 0.3) is 0 Å². The maximum atomic E-state index is 5.87. The Labute approximate surface area is 154 Å². The van der Waals surface area contributed by atoms with E-state index < -0.39 is 0 Å². The van der Waals surface area contributed by atoms with Crippen LogP contribution in [0.2, 0.25) is 0 Å². The van der Waals surface area contributed by atoms with Crippen molar-refractivity contribution < 1.29 is 9.47 Å². The summed E-state index contributed by atoms with van der Waals surface area (Å²) in [5, 5.41) is 3.42. The van der Waals surface area contributed by atoms with Gasteiger partial charge >= 0.3 is 0 Å². The zero-order valence-corrected chi connectivity index (χ0v) is 15.2. The number of hydrogen-bond acceptors (Lipinski definition) is 6. The fraction of sp³-hybridized carbons (Fsp3) is 0.450. The molecule has 1 aromatic carbocycles. The Morgan fingerprint density at radius 1 is 1.04 bits per heavy atom. The van der Waals surface area contributed by atoms with E-state index in [1.807, 2.05) is 30.5 Å². The van der Waals surface area contributed by atoms with Crippen molar-refractivity contribution in [2.75, 3.05) is 56.2 Å². The van der Waals surface area contributed by atoms with Gasteiger partial charge < -0.3 is 19.7 Å². The second-order valence-corrected chi connectivity index (χ2v) is 6.77. The van der Waals surface area contributed by atoms with Gasteiger partial charge in [-0.1, -0.05) is 12.1 Å². The van der Waals surface area contributed by atoms with Gasteiger partial charge in [0.05, 0.1) is 5.69 Å². The first-order chi connectivity index (χ1) is 12.8. The number of aromatic nitrogens is 1. The van der Waals surface area contributed by atoms with Gasteiger partial charge in [0.2, 0.25) is 0 Å². The Kier molecular flexibility index (Phi) is 5.11. The molecule has 2 aliphatic rings. The van der Waals surface area contributed by atoms with Crippen molar-refractivity contribution in [2.24, 2.45) is 0 Å². The van der Waals surface area contributed by atoms with Gasteiger partial charge in [0.1, 0.15) is 19.0 Å². The molecular weight excluding hydrogens is 328 g/mol. The monoisotopic (exact) mass is 354 g/mol. The van der Waals surface area contributed by atoms with E-state index in [-0.39, 0.29) is 0 Å². The number of nitrogens with one attached hydrogen (secondary N) is 1. The lowest BCUT2D eigenvalue weighted by Crippen LogP contribution is -2.51. The van der Waals surface area contributed by atoms with E-state index in [1.165, 1.54) is 0 Å². The number of fused-ring (bicyclic) bond motifs is 1. The molecule has 0 aliphatic carbocycles. The second kappa shape index (κ2) is 7.83. The Bertz CT molecular complexity index is 717. The normalized spacial score (nSPS) is 18.4. The Morgan fingerprint density at radius 2 is 1.88 bits per heavy atom. The molecule has 1 saturated heterocycles. The molecule has 0 spiro atoms. The molecule has 1 N–H and O–H groups in total. The summed E-state index contributed by atoms with van der Waals surface area (Å²) in [4.78, 5) is 9.26. The number of nitrogens with zero attached hydrogens (tertiary/aromatic N) is 3. The minimum atomic E-state index is 0.462. The number of benzene rings is 1. The Balaban J connectivity index is 1.33. The zero-order valence-electron chi connectivity index (χ0n) is 15.2. The first-order valence-corrected chi connectivity index (χ1v) is 9.34. The third kappa shape index (κ3) is 3.70. The van der Waals surface area contributed by atoms with Crippen molar-refractivity contribution in [2.45, 2.75) is 13.0 Å². The molecule has 4 rings (SSSR count). The largest absolute Gasteiger partial charge is 0.486 e. The van der Waals surface area contributed by atoms with E-state index in [9.17, 15) is 0 Å². The van der Waals surface area contributed by atoms with Crippen molar-refractivity contribution in [3.8, 4) is 11.5 Å². The van der Waals surface area contributed by atoms with Crippen LogP contribution >= 0.6 is 0 Å². The predicted molar refractivity (Wildman–Crippen MR) is 103 cm³/mol. The van der Waals surface area contributed by atoms with Gasteiger partial charge in [-0.05, 0) is 31.2 Å². The van der Waals surface area contributed by atoms with E-state index >= 15 is 0 Å². The average molecular weight is 354 g/mol. The van der Waals surface area contributed by atoms with E-state index in [2.05, 4.69) is 39.2 Å². The topological polar surface area (TPSA) is 49.9 Å². The van der Waals surface area contributed by atoms with Crippen molar-refractivity contribution in [1.29, 1.82) is 0 Å². The van der Waals surface area contributed by atoms with Gasteiger partial charge in [0.25, 0.3) is 0 Å². The number of pyridine rings is 1. The van der Waals surface area contributed by atoms with Gasteiger partial charge in [-0.2, -0.15) is 0 Å². The summed E-state index contributed by atoms with van der Waals surface area (Å²) in [6.07, 6.45) is 1.82. The summed E-state index contributed by atoms with van der Waals surface area (Å²) in [5.41, 5.74) is 1.15. The maximum Gasteiger partial charge on any atom is 0.184 e. The lowest BCUT2D eigenvalue weighted by Gasteiger charge is -2.40. The molecule has 3 heterocycles. The standard InChI is InChI=1S/C20H26N4O2/c1-16(15-22-19-7-2-3-8-21-19)23-9-11-24(12-10-23)17-5-4-6-18-20(17)26-14-13-25-18/h2-8,16H,9-15H2,1H3,(H,21,22)/t16-/m1/s1. The predicted octanol–water partition coefficient (Wildman–Crippen LogP) is 2.48. The summed E-state index contributed by atoms with van der Waals surface area (Å²) >= 11 is 0. The highest BCUT2D eigenvalue weighted by atomic mass is 16.6. The van der Waals surface area contributed by atoms with Crippen LogP contribution in [0, 0.1) is 0 Å². The molecule has 2 aromatic rings. The van der Waals surface area contributed by atoms with Gasteiger partial charge in [0, 0.05) is 45.0 Å². The van der Waals surface area contributed by atoms with E-state index in [0.717, 1.165) is 55.7 Å². The maximum absolute atomic E-state index is 5.87. The van der Waals surface area contributed by atoms with Crippen LogP contribution in [0.15, 0.2) is 42.6 Å². The molecule has 0 amide bonds. The first-order valence-electron chi connectivity index (χ1n) is 9.34. The highest BCUT2D eigenvalue weighted by Gasteiger charge is 2.25. The summed E-state index contributed by atoms with van der Waals surface area (Å²) < 4.78 is 11.6. The smallest absolute Gasteiger partial charge is 0.184 e. The molecule has 1 aromatic heterocycles. The highest BCUT2D eigenvalue weighted by molar-refractivity contribution is 5.65. The van der Waals surface area contributed by atoms with Crippen LogP contribution in [-0.2, 0) is 0 Å². The van der Waals surface area contributed by atoms with Crippen LogP contribution in [-0.4, -0.2) is 61.9 Å². The Hall–Kier alpha value is -2.47. The zero-order chi connectivity index (χ0) is 17.8. The van der Waals surface area contributed by atoms with E-state index in [0.29, 0.717) is 19.3 Å². The van der Waals surface area contributed by atoms with Gasteiger partial charge in [-0.25, -0.2) is 4.98 Å². The quantitative estimate of drug-likeness (QED) is 0.890. The van der Waals surface area contributed by atoms with Crippen molar-refractivity contribution in [3.63, 3.8) is 0 Å². The number of anilines is 2. The average Bonchev–Trinajstić information content (AvgIpc) is 2.72. The molecule has 6 nitrogen and oxygen atoms in total. The molecular formula is C20H26N4O2. The summed E-state index contributed by atoms with van der Waals surface area (Å²) in [6.45, 7) is 8.49. The summed E-state index contributed by atoms with van der Waals surface area (Å²) in [7, 11) is 0. The molecule has 0 bridgehead atoms. The van der Waals surface area contributed by atoms with Gasteiger partial charge in [-0.3, -0.25) is 4.90 Å². The number of para-hydroxylation sites is 1. The molecule has 0 saturated carbocycles. The fourth-order valence-corrected chi connectivity index (χ4v) is 3.56.